The van der Waals surface area contributed by atoms with Crippen molar-refractivity contribution in [2.45, 2.75) is 124 Å². The molecule has 1 heterocycles. The van der Waals surface area contributed by atoms with Crippen LogP contribution in [0.4, 0.5) is 0 Å². The van der Waals surface area contributed by atoms with Gasteiger partial charge in [0.25, 0.3) is 5.91 Å². The number of carboxylic acids is 1. The van der Waals surface area contributed by atoms with Crippen LogP contribution in [0.1, 0.15) is 92.6 Å². The first-order valence-electron chi connectivity index (χ1n) is 22.9. The monoisotopic (exact) mass is 1090 g/mol. The third kappa shape index (κ3) is 9.83. The van der Waals surface area contributed by atoms with Gasteiger partial charge < -0.3 is 54.8 Å². The number of ketones is 1. The zero-order valence-electron chi connectivity index (χ0n) is 39.4. The van der Waals surface area contributed by atoms with Crippen molar-refractivity contribution < 1.29 is 82.1 Å². The molecule has 378 valence electrons. The van der Waals surface area contributed by atoms with Crippen LogP contribution in [0.25, 0.3) is 0 Å². The molecular weight excluding hydrogens is 1040 g/mol. The van der Waals surface area contributed by atoms with Crippen LogP contribution in [-0.2, 0) is 57.2 Å². The summed E-state index contributed by atoms with van der Waals surface area (Å²) >= 11 is 1.86. The summed E-state index contributed by atoms with van der Waals surface area (Å²) in [7, 11) is 0. The van der Waals surface area contributed by atoms with Gasteiger partial charge in [-0.2, -0.15) is 0 Å². The van der Waals surface area contributed by atoms with E-state index < -0.39 is 141 Å². The molecule has 71 heavy (non-hydrogen) atoms. The largest absolute Gasteiger partial charge is 0.480 e. The summed E-state index contributed by atoms with van der Waals surface area (Å²) in [5, 5.41) is 38.3. The molecule has 3 aromatic carbocycles. The summed E-state index contributed by atoms with van der Waals surface area (Å²) in [6.07, 6.45) is -12.2. The number of hydrogen-bond donors (Lipinski definition) is 5. The molecule has 2 saturated carbocycles. The van der Waals surface area contributed by atoms with E-state index in [4.69, 9.17) is 34.2 Å². The van der Waals surface area contributed by atoms with Crippen molar-refractivity contribution in [1.29, 1.82) is 0 Å². The van der Waals surface area contributed by atoms with Crippen molar-refractivity contribution in [2.75, 3.05) is 6.61 Å². The van der Waals surface area contributed by atoms with Crippen LogP contribution >= 0.6 is 22.6 Å². The van der Waals surface area contributed by atoms with E-state index in [2.05, 4.69) is 5.32 Å². The zero-order valence-corrected chi connectivity index (χ0v) is 41.6. The lowest BCUT2D eigenvalue weighted by atomic mass is 9.47. The second kappa shape index (κ2) is 20.6. The molecule has 4 aliphatic rings. The number of carbonyl (C=O) groups is 8. The van der Waals surface area contributed by atoms with Gasteiger partial charge in [0.15, 0.2) is 17.5 Å². The second-order valence-corrected chi connectivity index (χ2v) is 20.8. The molecule has 19 nitrogen and oxygen atoms in total. The first kappa shape index (κ1) is 52.7. The van der Waals surface area contributed by atoms with Crippen LogP contribution in [-0.4, -0.2) is 127 Å². The van der Waals surface area contributed by atoms with E-state index in [-0.39, 0.29) is 40.9 Å². The maximum atomic E-state index is 15.7. The normalized spacial score (nSPS) is 31.0. The number of carbonyl (C=O) groups excluding carboxylic acids is 7. The molecular formula is C51H55IN2O17. The number of nitrogens with two attached hydrogens (primary N) is 1. The van der Waals surface area contributed by atoms with E-state index in [0.717, 1.165) is 13.8 Å². The fourth-order valence-electron chi connectivity index (χ4n) is 10.5. The van der Waals surface area contributed by atoms with Crippen LogP contribution in [0, 0.1) is 11.3 Å². The Morgan fingerprint density at radius 3 is 2.01 bits per heavy atom. The Labute approximate surface area is 421 Å². The predicted octanol–water partition coefficient (Wildman–Crippen LogP) is 3.65. The Balaban J connectivity index is 1.41. The number of benzene rings is 3. The zero-order chi connectivity index (χ0) is 51.8. The van der Waals surface area contributed by atoms with Gasteiger partial charge in [-0.3, -0.25) is 28.8 Å². The molecule has 2 bridgehead atoms. The number of ether oxygens (including phenoxy) is 6. The number of aliphatic carboxylic acids is 1. The van der Waals surface area contributed by atoms with Crippen LogP contribution in [0.15, 0.2) is 102 Å². The summed E-state index contributed by atoms with van der Waals surface area (Å²) in [4.78, 5) is 111. The number of hydrogen-bond acceptors (Lipinski definition) is 17. The molecule has 2 unspecified atom stereocenters. The number of aliphatic hydroxyl groups is 2. The van der Waals surface area contributed by atoms with Gasteiger partial charge in [-0.05, 0) is 68.2 Å². The van der Waals surface area contributed by atoms with E-state index in [0.29, 0.717) is 0 Å². The number of esters is 5. The van der Waals surface area contributed by atoms with E-state index in [1.54, 1.807) is 66.7 Å². The Hall–Kier alpha value is -6.07. The van der Waals surface area contributed by atoms with Crippen molar-refractivity contribution in [1.82, 2.24) is 5.32 Å². The smallest absolute Gasteiger partial charge is 0.350 e. The second-order valence-electron chi connectivity index (χ2n) is 18.7. The number of amides is 1. The van der Waals surface area contributed by atoms with Gasteiger partial charge in [-0.1, -0.05) is 89.3 Å². The lowest BCUT2D eigenvalue weighted by Crippen LogP contribution is -2.82. The van der Waals surface area contributed by atoms with Crippen LogP contribution < -0.4 is 11.1 Å². The van der Waals surface area contributed by atoms with Crippen LogP contribution in [0.3, 0.4) is 0 Å². The minimum atomic E-state index is -2.52. The van der Waals surface area contributed by atoms with Gasteiger partial charge in [0, 0.05) is 38.7 Å². The van der Waals surface area contributed by atoms with E-state index in [1.165, 1.54) is 45.0 Å². The average Bonchev–Trinajstić information content (AvgIpc) is 3.33. The fourth-order valence-corrected chi connectivity index (χ4v) is 11.8. The SMILES string of the molecule is CC(=O)O[C@H]1C(=O)[C@@]2(C)[C@H]([C@H](OC(=O)c3ccccc3)[C@]3(O)C[C@H](OC(=O)[C@H](OC(=O)CCC(N)C(=O)O)[C@@H](NC(=O)c4ccccc4)c4ccccc4)C(C)=C1C3(C)I)[C@]1(OC(C)=O)CO[C@@H]1C[C@@H]2O. The minimum absolute atomic E-state index is 0.0163. The molecule has 1 saturated heterocycles. The Morgan fingerprint density at radius 1 is 0.873 bits per heavy atom. The van der Waals surface area contributed by atoms with Gasteiger partial charge in [-0.15, -0.1) is 0 Å². The molecule has 0 aromatic heterocycles. The third-order valence-corrected chi connectivity index (χ3v) is 15.8. The number of aliphatic hydroxyl groups excluding tert-OH is 1. The van der Waals surface area contributed by atoms with Crippen molar-refractivity contribution in [3.05, 3.63) is 119 Å². The standard InChI is InChI=1S/C51H55IN2O17/c1-26-33(68-47(64)40(69-36(58)22-21-32(53)45(61)62)38(29-15-9-6-10-16-29)54-44(60)30-17-11-7-12-18-30)24-51(65)43(70-46(63)31-19-13-8-14-20-31)41-48(4,34(57)23-35-50(41,25-66-35)71-28(3)56)42(59)39(67-27(2)55)37(26)49(51,5)52/h6-20,32-35,38-41,43,57,65H,21-25,53H2,1-5H3,(H,54,60)(H,61,62)/t32?,33-,34-,35+,38-,39+,40+,41-,43-,48+,49?,50-,51+/m0/s1. The number of rotatable bonds is 15. The van der Waals surface area contributed by atoms with Gasteiger partial charge >= 0.3 is 35.8 Å². The summed E-state index contributed by atoms with van der Waals surface area (Å²) < 4.78 is 34.6. The number of carboxylic acid groups (broad SMARTS) is 1. The molecule has 20 heteroatoms. The Kier molecular flexibility index (Phi) is 15.3. The maximum Gasteiger partial charge on any atom is 0.350 e. The summed E-state index contributed by atoms with van der Waals surface area (Å²) in [5.74, 6) is -9.84. The molecule has 6 N–H and O–H groups in total. The van der Waals surface area contributed by atoms with Gasteiger partial charge in [0.1, 0.15) is 36.0 Å². The Bertz CT molecular complexity index is 2610. The van der Waals surface area contributed by atoms with E-state index in [9.17, 15) is 44.1 Å². The number of nitrogens with one attached hydrogen (secondary N) is 1. The highest BCUT2D eigenvalue weighted by molar-refractivity contribution is 14.1. The third-order valence-electron chi connectivity index (χ3n) is 14.3. The van der Waals surface area contributed by atoms with Crippen molar-refractivity contribution in [3.8, 4) is 0 Å². The van der Waals surface area contributed by atoms with Crippen LogP contribution in [0.2, 0.25) is 0 Å². The predicted molar refractivity (Wildman–Crippen MR) is 255 cm³/mol. The molecule has 1 aliphatic heterocycles. The van der Waals surface area contributed by atoms with Crippen molar-refractivity contribution in [3.63, 3.8) is 0 Å². The number of alkyl halides is 1. The molecule has 3 aromatic rings. The lowest BCUT2D eigenvalue weighted by molar-refractivity contribution is -0.341. The summed E-state index contributed by atoms with van der Waals surface area (Å²) in [5.41, 5.74) is -0.388. The van der Waals surface area contributed by atoms with Crippen molar-refractivity contribution >= 4 is 70.1 Å². The number of halogens is 1. The average molecular weight is 1090 g/mol. The van der Waals surface area contributed by atoms with Gasteiger partial charge in [0.05, 0.1) is 33.0 Å². The maximum absolute atomic E-state index is 15.7. The molecule has 3 aliphatic carbocycles. The topological polar surface area (TPSA) is 291 Å². The molecule has 1 amide bonds. The van der Waals surface area contributed by atoms with Crippen molar-refractivity contribution in [2.24, 2.45) is 17.1 Å². The fraction of sp³-hybridized carbons (Fsp3) is 0.451. The molecule has 3 fully saturated rings. The van der Waals surface area contributed by atoms with E-state index >= 15 is 9.59 Å². The highest BCUT2D eigenvalue weighted by atomic mass is 127. The molecule has 13 atom stereocenters. The highest BCUT2D eigenvalue weighted by Gasteiger charge is 2.79. The Morgan fingerprint density at radius 2 is 1.46 bits per heavy atom. The minimum Gasteiger partial charge on any atom is -0.480 e. The molecule has 0 spiro atoms. The van der Waals surface area contributed by atoms with Gasteiger partial charge in [0.2, 0.25) is 6.10 Å². The number of fused-ring (bicyclic) bond motifs is 5. The van der Waals surface area contributed by atoms with Gasteiger partial charge in [-0.25, -0.2) is 9.59 Å². The highest BCUT2D eigenvalue weighted by Crippen LogP contribution is 2.64. The first-order chi connectivity index (χ1) is 33.5. The first-order valence-corrected chi connectivity index (χ1v) is 23.9. The van der Waals surface area contributed by atoms with E-state index in [1.807, 2.05) is 22.6 Å². The lowest BCUT2D eigenvalue weighted by Gasteiger charge is -2.67. The number of Topliss-reactive ketones (excluding diaryl/α,β-unsaturated/α-hetero) is 1. The molecule has 7 rings (SSSR count). The quantitative estimate of drug-likeness (QED) is 0.0477. The summed E-state index contributed by atoms with van der Waals surface area (Å²) in [6, 6.07) is 20.6. The molecule has 0 radical (unpaired) electrons. The summed E-state index contributed by atoms with van der Waals surface area (Å²) in [6.45, 7) is 6.13. The van der Waals surface area contributed by atoms with Crippen LogP contribution in [0.5, 0.6) is 0 Å².